The van der Waals surface area contributed by atoms with E-state index < -0.39 is 0 Å². The van der Waals surface area contributed by atoms with Crippen LogP contribution in [0.25, 0.3) is 0 Å². The van der Waals surface area contributed by atoms with Gasteiger partial charge in [0.2, 0.25) is 0 Å². The lowest BCUT2D eigenvalue weighted by Gasteiger charge is -2.25. The van der Waals surface area contributed by atoms with Crippen molar-refractivity contribution in [2.45, 2.75) is 26.2 Å². The van der Waals surface area contributed by atoms with Gasteiger partial charge >= 0.3 is 0 Å². The lowest BCUT2D eigenvalue weighted by atomic mass is 10.1. The molecule has 0 aromatic carbocycles. The molecule has 1 saturated heterocycles. The van der Waals surface area contributed by atoms with Crippen LogP contribution in [0.3, 0.4) is 0 Å². The van der Waals surface area contributed by atoms with Crippen molar-refractivity contribution in [2.24, 2.45) is 0 Å². The van der Waals surface area contributed by atoms with Crippen LogP contribution in [0.1, 0.15) is 26.2 Å². The quantitative estimate of drug-likeness (QED) is 0.595. The number of hydrogen-bond donors (Lipinski definition) is 0. The minimum absolute atomic E-state index is 0.392. The zero-order chi connectivity index (χ0) is 8.97. The van der Waals surface area contributed by atoms with Crippen LogP contribution in [0.5, 0.6) is 0 Å². The fraction of sp³-hybridized carbons (Fsp3) is 0.700. The molecule has 12 heavy (non-hydrogen) atoms. The smallest absolute Gasteiger partial charge is 0.146 e. The summed E-state index contributed by atoms with van der Waals surface area (Å²) in [5, 5.41) is 0. The van der Waals surface area contributed by atoms with E-state index in [2.05, 4.69) is 11.5 Å². The van der Waals surface area contributed by atoms with Crippen molar-refractivity contribution in [3.8, 4) is 0 Å². The Bertz CT molecular complexity index is 186. The van der Waals surface area contributed by atoms with Crippen molar-refractivity contribution in [1.82, 2.24) is 4.90 Å². The topological polar surface area (TPSA) is 20.3 Å². The molecule has 0 aliphatic carbocycles. The van der Waals surface area contributed by atoms with Crippen molar-refractivity contribution >= 4 is 5.78 Å². The lowest BCUT2D eigenvalue weighted by molar-refractivity contribution is -0.122. The highest BCUT2D eigenvalue weighted by Crippen LogP contribution is 2.07. The maximum Gasteiger partial charge on any atom is 0.146 e. The van der Waals surface area contributed by atoms with Crippen LogP contribution in [0.4, 0.5) is 0 Å². The second kappa shape index (κ2) is 4.41. The summed E-state index contributed by atoms with van der Waals surface area (Å²) in [6.45, 7) is 8.62. The molecule has 2 nitrogen and oxygen atoms in total. The van der Waals surface area contributed by atoms with E-state index in [-0.39, 0.29) is 0 Å². The van der Waals surface area contributed by atoms with E-state index in [0.717, 1.165) is 32.4 Å². The molecule has 0 N–H and O–H groups in total. The molecule has 2 heteroatoms. The summed E-state index contributed by atoms with van der Waals surface area (Å²) < 4.78 is 0. The molecule has 1 aliphatic heterocycles. The SMILES string of the molecule is C=C(C)CCN1CCCC(=O)C1. The van der Waals surface area contributed by atoms with E-state index in [1.807, 2.05) is 6.92 Å². The highest BCUT2D eigenvalue weighted by atomic mass is 16.1. The summed E-state index contributed by atoms with van der Waals surface area (Å²) in [5.41, 5.74) is 1.20. The Morgan fingerprint density at radius 3 is 3.00 bits per heavy atom. The molecule has 1 heterocycles. The summed E-state index contributed by atoms with van der Waals surface area (Å²) in [5.74, 6) is 0.392. The van der Waals surface area contributed by atoms with E-state index in [4.69, 9.17) is 0 Å². The molecule has 0 bridgehead atoms. The fourth-order valence-corrected chi connectivity index (χ4v) is 1.45. The van der Waals surface area contributed by atoms with Gasteiger partial charge < -0.3 is 0 Å². The molecule has 0 saturated carbocycles. The van der Waals surface area contributed by atoms with Crippen LogP contribution in [-0.4, -0.2) is 30.3 Å². The number of hydrogen-bond acceptors (Lipinski definition) is 2. The zero-order valence-corrected chi connectivity index (χ0v) is 7.81. The lowest BCUT2D eigenvalue weighted by Crippen LogP contribution is -2.36. The molecule has 0 aromatic heterocycles. The summed E-state index contributed by atoms with van der Waals surface area (Å²) in [4.78, 5) is 13.3. The van der Waals surface area contributed by atoms with Gasteiger partial charge in [-0.05, 0) is 26.3 Å². The van der Waals surface area contributed by atoms with Gasteiger partial charge in [-0.15, -0.1) is 6.58 Å². The Morgan fingerprint density at radius 1 is 1.67 bits per heavy atom. The largest absolute Gasteiger partial charge is 0.298 e. The highest BCUT2D eigenvalue weighted by Gasteiger charge is 2.15. The number of rotatable bonds is 3. The van der Waals surface area contributed by atoms with Gasteiger partial charge in [-0.1, -0.05) is 5.57 Å². The monoisotopic (exact) mass is 167 g/mol. The van der Waals surface area contributed by atoms with E-state index in [0.29, 0.717) is 12.3 Å². The van der Waals surface area contributed by atoms with Crippen molar-refractivity contribution in [1.29, 1.82) is 0 Å². The van der Waals surface area contributed by atoms with E-state index in [1.165, 1.54) is 5.57 Å². The van der Waals surface area contributed by atoms with E-state index in [1.54, 1.807) is 0 Å². The van der Waals surface area contributed by atoms with Crippen molar-refractivity contribution < 1.29 is 4.79 Å². The Kier molecular flexibility index (Phi) is 3.48. The Labute approximate surface area is 74.2 Å². The fourth-order valence-electron chi connectivity index (χ4n) is 1.45. The van der Waals surface area contributed by atoms with Gasteiger partial charge in [0.25, 0.3) is 0 Å². The zero-order valence-electron chi connectivity index (χ0n) is 7.81. The minimum Gasteiger partial charge on any atom is -0.298 e. The molecule has 0 spiro atoms. The number of carbonyl (C=O) groups excluding carboxylic acids is 1. The number of nitrogens with zero attached hydrogens (tertiary/aromatic N) is 1. The predicted octanol–water partition coefficient (Wildman–Crippen LogP) is 1.62. The van der Waals surface area contributed by atoms with Crippen LogP contribution in [0.2, 0.25) is 0 Å². The molecule has 0 unspecified atom stereocenters. The Balaban J connectivity index is 2.23. The van der Waals surface area contributed by atoms with Gasteiger partial charge in [0.05, 0.1) is 6.54 Å². The Hall–Kier alpha value is -0.630. The average Bonchev–Trinajstić information content (AvgIpc) is 2.01. The molecule has 0 radical (unpaired) electrons. The van der Waals surface area contributed by atoms with Gasteiger partial charge in [0.1, 0.15) is 5.78 Å². The minimum atomic E-state index is 0.392. The number of piperidine rings is 1. The standard InChI is InChI=1S/C10H17NO/c1-9(2)5-7-11-6-3-4-10(12)8-11/h1,3-8H2,2H3. The van der Waals surface area contributed by atoms with Crippen molar-refractivity contribution in [3.05, 3.63) is 12.2 Å². The van der Waals surface area contributed by atoms with Gasteiger partial charge in [-0.25, -0.2) is 0 Å². The maximum atomic E-state index is 11.1. The van der Waals surface area contributed by atoms with Crippen LogP contribution in [0, 0.1) is 0 Å². The van der Waals surface area contributed by atoms with Gasteiger partial charge in [0.15, 0.2) is 0 Å². The normalized spacial score (nSPS) is 19.6. The first kappa shape index (κ1) is 9.46. The second-order valence-corrected chi connectivity index (χ2v) is 3.63. The van der Waals surface area contributed by atoms with Crippen molar-refractivity contribution in [3.63, 3.8) is 0 Å². The first-order valence-electron chi connectivity index (χ1n) is 4.57. The molecule has 1 rings (SSSR count). The van der Waals surface area contributed by atoms with Crippen LogP contribution in [-0.2, 0) is 4.79 Å². The molecule has 0 amide bonds. The summed E-state index contributed by atoms with van der Waals surface area (Å²) in [6, 6.07) is 0. The molecule has 68 valence electrons. The summed E-state index contributed by atoms with van der Waals surface area (Å²) >= 11 is 0. The molecular weight excluding hydrogens is 150 g/mol. The molecular formula is C10H17NO. The third kappa shape index (κ3) is 3.18. The number of ketones is 1. The number of Topliss-reactive ketones (excluding diaryl/α,β-unsaturated/α-hetero) is 1. The third-order valence-corrected chi connectivity index (χ3v) is 2.18. The van der Waals surface area contributed by atoms with Gasteiger partial charge in [0, 0.05) is 13.0 Å². The van der Waals surface area contributed by atoms with Crippen LogP contribution < -0.4 is 0 Å². The van der Waals surface area contributed by atoms with Crippen LogP contribution >= 0.6 is 0 Å². The summed E-state index contributed by atoms with van der Waals surface area (Å²) in [7, 11) is 0. The van der Waals surface area contributed by atoms with Crippen LogP contribution in [0.15, 0.2) is 12.2 Å². The van der Waals surface area contributed by atoms with Gasteiger partial charge in [-0.3, -0.25) is 9.69 Å². The van der Waals surface area contributed by atoms with Gasteiger partial charge in [-0.2, -0.15) is 0 Å². The molecule has 0 aromatic rings. The summed E-state index contributed by atoms with van der Waals surface area (Å²) in [6.07, 6.45) is 2.84. The highest BCUT2D eigenvalue weighted by molar-refractivity contribution is 5.81. The van der Waals surface area contributed by atoms with E-state index in [9.17, 15) is 4.79 Å². The average molecular weight is 167 g/mol. The third-order valence-electron chi connectivity index (χ3n) is 2.18. The number of carbonyl (C=O) groups is 1. The second-order valence-electron chi connectivity index (χ2n) is 3.63. The number of likely N-dealkylation sites (tertiary alicyclic amines) is 1. The van der Waals surface area contributed by atoms with Crippen molar-refractivity contribution in [2.75, 3.05) is 19.6 Å². The molecule has 0 atom stereocenters. The van der Waals surface area contributed by atoms with E-state index >= 15 is 0 Å². The first-order chi connectivity index (χ1) is 5.68. The molecule has 1 aliphatic rings. The predicted molar refractivity (Wildman–Crippen MR) is 50.1 cm³/mol. The molecule has 1 fully saturated rings. The maximum absolute atomic E-state index is 11.1. The first-order valence-corrected chi connectivity index (χ1v) is 4.57. The Morgan fingerprint density at radius 2 is 2.42 bits per heavy atom.